The van der Waals surface area contributed by atoms with Crippen molar-refractivity contribution in [3.63, 3.8) is 0 Å². The van der Waals surface area contributed by atoms with Gasteiger partial charge in [0.2, 0.25) is 5.91 Å². The molecule has 0 unspecified atom stereocenters. The van der Waals surface area contributed by atoms with Crippen molar-refractivity contribution in [1.29, 1.82) is 0 Å². The van der Waals surface area contributed by atoms with E-state index in [9.17, 15) is 13.2 Å². The summed E-state index contributed by atoms with van der Waals surface area (Å²) < 4.78 is 27.7. The van der Waals surface area contributed by atoms with Gasteiger partial charge in [-0.15, -0.1) is 0 Å². The number of carbonyl (C=O) groups is 1. The summed E-state index contributed by atoms with van der Waals surface area (Å²) in [5.74, 6) is 0.278. The van der Waals surface area contributed by atoms with E-state index in [-0.39, 0.29) is 17.2 Å². The topological polar surface area (TPSA) is 72.5 Å². The Morgan fingerprint density at radius 2 is 2.10 bits per heavy atom. The molecule has 0 radical (unpaired) electrons. The largest absolute Gasteiger partial charge is 0.496 e. The van der Waals surface area contributed by atoms with E-state index in [4.69, 9.17) is 15.4 Å². The first-order chi connectivity index (χ1) is 9.38. The van der Waals surface area contributed by atoms with Gasteiger partial charge < -0.3 is 10.1 Å². The molecule has 112 valence electrons. The monoisotopic (exact) mass is 319 g/mol. The standard InChI is InChI=1S/C13H18ClNO4S/c1-3-4-7-15-13(16)9-10-8-11(20(14,17)18)5-6-12(10)19-2/h5-6,8H,3-4,7,9H2,1-2H3,(H,15,16). The van der Waals surface area contributed by atoms with Crippen molar-refractivity contribution in [3.8, 4) is 5.75 Å². The van der Waals surface area contributed by atoms with Crippen LogP contribution in [0.3, 0.4) is 0 Å². The zero-order valence-corrected chi connectivity index (χ0v) is 13.1. The van der Waals surface area contributed by atoms with Crippen LogP contribution in [0.2, 0.25) is 0 Å². The van der Waals surface area contributed by atoms with E-state index in [1.54, 1.807) is 0 Å². The number of carbonyl (C=O) groups excluding carboxylic acids is 1. The highest BCUT2D eigenvalue weighted by atomic mass is 35.7. The Bertz CT molecular complexity index is 572. The summed E-state index contributed by atoms with van der Waals surface area (Å²) in [5.41, 5.74) is 0.489. The molecular formula is C13H18ClNO4S. The van der Waals surface area contributed by atoms with Crippen molar-refractivity contribution >= 4 is 25.6 Å². The Morgan fingerprint density at radius 1 is 1.40 bits per heavy atom. The molecule has 0 saturated heterocycles. The molecule has 1 N–H and O–H groups in total. The lowest BCUT2D eigenvalue weighted by atomic mass is 10.1. The molecule has 0 spiro atoms. The summed E-state index contributed by atoms with van der Waals surface area (Å²) in [6, 6.07) is 4.20. The van der Waals surface area contributed by atoms with Gasteiger partial charge >= 0.3 is 0 Å². The molecule has 0 aliphatic carbocycles. The minimum atomic E-state index is -3.82. The number of nitrogens with one attached hydrogen (secondary N) is 1. The second kappa shape index (κ2) is 7.50. The fraction of sp³-hybridized carbons (Fsp3) is 0.462. The van der Waals surface area contributed by atoms with Gasteiger partial charge in [0.1, 0.15) is 5.75 Å². The summed E-state index contributed by atoms with van der Waals surface area (Å²) in [4.78, 5) is 11.7. The van der Waals surface area contributed by atoms with E-state index in [0.29, 0.717) is 17.9 Å². The maximum absolute atomic E-state index is 11.8. The molecule has 0 atom stereocenters. The van der Waals surface area contributed by atoms with Crippen molar-refractivity contribution in [2.24, 2.45) is 0 Å². The van der Waals surface area contributed by atoms with Crippen LogP contribution in [0.4, 0.5) is 0 Å². The highest BCUT2D eigenvalue weighted by Gasteiger charge is 2.15. The van der Waals surface area contributed by atoms with Gasteiger partial charge in [-0.1, -0.05) is 13.3 Å². The van der Waals surface area contributed by atoms with Crippen LogP contribution in [-0.2, 0) is 20.3 Å². The molecule has 0 fully saturated rings. The lowest BCUT2D eigenvalue weighted by molar-refractivity contribution is -0.120. The van der Waals surface area contributed by atoms with Crippen molar-refractivity contribution in [2.45, 2.75) is 31.1 Å². The predicted molar refractivity (Wildman–Crippen MR) is 77.7 cm³/mol. The first-order valence-corrected chi connectivity index (χ1v) is 8.57. The van der Waals surface area contributed by atoms with Gasteiger partial charge in [-0.2, -0.15) is 0 Å². The van der Waals surface area contributed by atoms with Gasteiger partial charge in [-0.25, -0.2) is 8.42 Å². The number of benzene rings is 1. The summed E-state index contributed by atoms with van der Waals surface area (Å²) in [6.45, 7) is 2.63. The molecule has 1 aromatic carbocycles. The Kier molecular flexibility index (Phi) is 6.29. The van der Waals surface area contributed by atoms with Crippen molar-refractivity contribution in [1.82, 2.24) is 5.32 Å². The molecule has 1 aromatic rings. The number of amides is 1. The number of hydrogen-bond donors (Lipinski definition) is 1. The highest BCUT2D eigenvalue weighted by molar-refractivity contribution is 8.13. The third-order valence-corrected chi connectivity index (χ3v) is 4.09. The lowest BCUT2D eigenvalue weighted by Gasteiger charge is -2.10. The molecule has 0 heterocycles. The van der Waals surface area contributed by atoms with E-state index in [2.05, 4.69) is 5.32 Å². The molecule has 0 aliphatic heterocycles. The fourth-order valence-corrected chi connectivity index (χ4v) is 2.49. The molecule has 1 rings (SSSR count). The zero-order chi connectivity index (χ0) is 15.2. The summed E-state index contributed by atoms with van der Waals surface area (Å²) >= 11 is 0. The minimum absolute atomic E-state index is 0.0451. The summed E-state index contributed by atoms with van der Waals surface area (Å²) in [7, 11) is 2.93. The smallest absolute Gasteiger partial charge is 0.261 e. The molecule has 0 aromatic heterocycles. The molecule has 1 amide bonds. The number of ether oxygens (including phenoxy) is 1. The Labute approximate surface area is 123 Å². The molecule has 20 heavy (non-hydrogen) atoms. The Hall–Kier alpha value is -1.27. The van der Waals surface area contributed by atoms with Crippen LogP contribution >= 0.6 is 10.7 Å². The maximum Gasteiger partial charge on any atom is 0.261 e. The predicted octanol–water partition coefficient (Wildman–Crippen LogP) is 2.08. The molecule has 5 nitrogen and oxygen atoms in total. The first-order valence-electron chi connectivity index (χ1n) is 6.26. The van der Waals surface area contributed by atoms with Crippen LogP contribution in [-0.4, -0.2) is 28.0 Å². The zero-order valence-electron chi connectivity index (χ0n) is 11.5. The average Bonchev–Trinajstić information content (AvgIpc) is 2.38. The van der Waals surface area contributed by atoms with E-state index in [1.165, 1.54) is 25.3 Å². The normalized spacial score (nSPS) is 11.2. The summed E-state index contributed by atoms with van der Waals surface area (Å²) in [6.07, 6.45) is 1.94. The van der Waals surface area contributed by atoms with E-state index in [0.717, 1.165) is 12.8 Å². The third kappa shape index (κ3) is 5.02. The van der Waals surface area contributed by atoms with E-state index < -0.39 is 9.05 Å². The van der Waals surface area contributed by atoms with Crippen molar-refractivity contribution < 1.29 is 17.9 Å². The third-order valence-electron chi connectivity index (χ3n) is 2.74. The van der Waals surface area contributed by atoms with Crippen LogP contribution < -0.4 is 10.1 Å². The van der Waals surface area contributed by atoms with Crippen LogP contribution in [0, 0.1) is 0 Å². The number of rotatable bonds is 7. The van der Waals surface area contributed by atoms with Crippen LogP contribution in [0.25, 0.3) is 0 Å². The van der Waals surface area contributed by atoms with E-state index >= 15 is 0 Å². The van der Waals surface area contributed by atoms with Crippen molar-refractivity contribution in [3.05, 3.63) is 23.8 Å². The first kappa shape index (κ1) is 16.8. The number of hydrogen-bond acceptors (Lipinski definition) is 4. The molecular weight excluding hydrogens is 302 g/mol. The number of halogens is 1. The SMILES string of the molecule is CCCCNC(=O)Cc1cc(S(=O)(=O)Cl)ccc1OC. The second-order valence-corrected chi connectivity index (χ2v) is 6.86. The molecule has 0 bridgehead atoms. The number of methoxy groups -OCH3 is 1. The molecule has 0 saturated carbocycles. The quantitative estimate of drug-likeness (QED) is 0.617. The average molecular weight is 320 g/mol. The van der Waals surface area contributed by atoms with Gasteiger partial charge in [0.05, 0.1) is 18.4 Å². The van der Waals surface area contributed by atoms with Crippen molar-refractivity contribution in [2.75, 3.05) is 13.7 Å². The van der Waals surface area contributed by atoms with Gasteiger partial charge in [0.15, 0.2) is 0 Å². The summed E-state index contributed by atoms with van der Waals surface area (Å²) in [5, 5.41) is 2.76. The van der Waals surface area contributed by atoms with Gasteiger partial charge in [-0.3, -0.25) is 4.79 Å². The Morgan fingerprint density at radius 3 is 2.65 bits per heavy atom. The second-order valence-electron chi connectivity index (χ2n) is 4.29. The van der Waals surface area contributed by atoms with Gasteiger partial charge in [0.25, 0.3) is 9.05 Å². The van der Waals surface area contributed by atoms with Gasteiger partial charge in [-0.05, 0) is 24.6 Å². The fourth-order valence-electron chi connectivity index (χ4n) is 1.68. The number of unbranched alkanes of at least 4 members (excludes halogenated alkanes) is 1. The molecule has 7 heteroatoms. The lowest BCUT2D eigenvalue weighted by Crippen LogP contribution is -2.26. The van der Waals surface area contributed by atoms with Crippen LogP contribution in [0.15, 0.2) is 23.1 Å². The van der Waals surface area contributed by atoms with E-state index in [1.807, 2.05) is 6.92 Å². The van der Waals surface area contributed by atoms with Crippen LogP contribution in [0.5, 0.6) is 5.75 Å². The Balaban J connectivity index is 2.89. The molecule has 0 aliphatic rings. The highest BCUT2D eigenvalue weighted by Crippen LogP contribution is 2.24. The van der Waals surface area contributed by atoms with Gasteiger partial charge in [0, 0.05) is 22.8 Å². The minimum Gasteiger partial charge on any atom is -0.496 e. The maximum atomic E-state index is 11.8. The van der Waals surface area contributed by atoms with Crippen LogP contribution in [0.1, 0.15) is 25.3 Å².